The van der Waals surface area contributed by atoms with Gasteiger partial charge >= 0.3 is 0 Å². The first-order valence-electron chi connectivity index (χ1n) is 12.1. The van der Waals surface area contributed by atoms with Gasteiger partial charge in [-0.3, -0.25) is 4.79 Å². The van der Waals surface area contributed by atoms with Crippen LogP contribution in [0.4, 0.5) is 11.5 Å². The monoisotopic (exact) mass is 457 g/mol. The Morgan fingerprint density at radius 2 is 1.50 bits per heavy atom. The van der Waals surface area contributed by atoms with Gasteiger partial charge in [0.2, 0.25) is 0 Å². The first-order chi connectivity index (χ1) is 16.7. The van der Waals surface area contributed by atoms with Crippen molar-refractivity contribution in [1.82, 2.24) is 15.1 Å². The molecule has 1 N–H and O–H groups in total. The fourth-order valence-corrected chi connectivity index (χ4v) is 4.91. The summed E-state index contributed by atoms with van der Waals surface area (Å²) in [6.45, 7) is 4.72. The van der Waals surface area contributed by atoms with Gasteiger partial charge < -0.3 is 19.8 Å². The Hall–Kier alpha value is -3.61. The smallest absolute Gasteiger partial charge is 0.274 e. The van der Waals surface area contributed by atoms with Crippen LogP contribution in [0.25, 0.3) is 0 Å². The molecular formula is C27H31N5O2. The maximum atomic E-state index is 12.9. The van der Waals surface area contributed by atoms with E-state index in [9.17, 15) is 9.90 Å². The van der Waals surface area contributed by atoms with E-state index in [4.69, 9.17) is 0 Å². The Kier molecular flexibility index (Phi) is 6.60. The van der Waals surface area contributed by atoms with Crippen LogP contribution in [0, 0.1) is 5.92 Å². The van der Waals surface area contributed by atoms with Gasteiger partial charge in [0.1, 0.15) is 5.75 Å². The molecule has 3 aromatic rings. The first-order valence-corrected chi connectivity index (χ1v) is 12.1. The summed E-state index contributed by atoms with van der Waals surface area (Å²) in [5, 5.41) is 18.1. The number of phenolic OH excluding ortho intramolecular Hbond substituents is 1. The summed E-state index contributed by atoms with van der Waals surface area (Å²) in [7, 11) is 0. The van der Waals surface area contributed by atoms with Crippen molar-refractivity contribution in [3.8, 4) is 5.75 Å². The molecule has 1 amide bonds. The maximum Gasteiger partial charge on any atom is 0.274 e. The van der Waals surface area contributed by atoms with E-state index in [0.717, 1.165) is 56.9 Å². The van der Waals surface area contributed by atoms with Gasteiger partial charge in [0.05, 0.1) is 0 Å². The molecule has 0 radical (unpaired) electrons. The summed E-state index contributed by atoms with van der Waals surface area (Å²) in [5.74, 6) is 1.75. The average molecular weight is 458 g/mol. The third-order valence-corrected chi connectivity index (χ3v) is 6.96. The van der Waals surface area contributed by atoms with Crippen LogP contribution in [0.5, 0.6) is 5.75 Å². The van der Waals surface area contributed by atoms with Crippen molar-refractivity contribution in [1.29, 1.82) is 0 Å². The summed E-state index contributed by atoms with van der Waals surface area (Å²) in [6, 6.07) is 21.6. The number of piperidine rings is 1. The molecular weight excluding hydrogens is 426 g/mol. The molecule has 2 aromatic carbocycles. The molecule has 2 aliphatic heterocycles. The molecule has 0 saturated carbocycles. The van der Waals surface area contributed by atoms with Crippen molar-refractivity contribution in [2.24, 2.45) is 5.92 Å². The highest BCUT2D eigenvalue weighted by molar-refractivity contribution is 5.92. The second-order valence-electron chi connectivity index (χ2n) is 9.19. The number of amides is 1. The molecule has 2 fully saturated rings. The standard InChI is InChI=1S/C27H31N5O2/c33-24-8-6-23(7-9-24)30-16-18-32(19-17-30)27(34)25-10-11-26(29-28-25)31-14-12-22(13-15-31)20-21-4-2-1-3-5-21/h1-11,22,33H,12-20H2. The summed E-state index contributed by atoms with van der Waals surface area (Å²) >= 11 is 0. The molecule has 2 saturated heterocycles. The predicted octanol–water partition coefficient (Wildman–Crippen LogP) is 3.60. The number of anilines is 2. The lowest BCUT2D eigenvalue weighted by molar-refractivity contribution is 0.0739. The third-order valence-electron chi connectivity index (χ3n) is 6.96. The second-order valence-corrected chi connectivity index (χ2v) is 9.19. The summed E-state index contributed by atoms with van der Waals surface area (Å²) in [6.07, 6.45) is 3.42. The topological polar surface area (TPSA) is 72.8 Å². The van der Waals surface area contributed by atoms with Crippen LogP contribution in [0.15, 0.2) is 66.7 Å². The molecule has 7 nitrogen and oxygen atoms in total. The quantitative estimate of drug-likeness (QED) is 0.631. The Bertz CT molecular complexity index is 1070. The Balaban J connectivity index is 1.12. The predicted molar refractivity (Wildman–Crippen MR) is 133 cm³/mol. The van der Waals surface area contributed by atoms with Crippen molar-refractivity contribution in [2.45, 2.75) is 19.3 Å². The van der Waals surface area contributed by atoms with Crippen molar-refractivity contribution < 1.29 is 9.90 Å². The van der Waals surface area contributed by atoms with E-state index in [1.165, 1.54) is 5.56 Å². The van der Waals surface area contributed by atoms with E-state index < -0.39 is 0 Å². The number of carbonyl (C=O) groups excluding carboxylic acids is 1. The van der Waals surface area contributed by atoms with Gasteiger partial charge in [-0.2, -0.15) is 0 Å². The van der Waals surface area contributed by atoms with Crippen LogP contribution in [0.3, 0.4) is 0 Å². The molecule has 3 heterocycles. The number of hydrogen-bond donors (Lipinski definition) is 1. The SMILES string of the molecule is O=C(c1ccc(N2CCC(Cc3ccccc3)CC2)nn1)N1CCN(c2ccc(O)cc2)CC1. The molecule has 0 spiro atoms. The zero-order valence-corrected chi connectivity index (χ0v) is 19.4. The zero-order chi connectivity index (χ0) is 23.3. The molecule has 0 bridgehead atoms. The van der Waals surface area contributed by atoms with Crippen LogP contribution in [0.2, 0.25) is 0 Å². The molecule has 34 heavy (non-hydrogen) atoms. The van der Waals surface area contributed by atoms with Gasteiger partial charge in [-0.1, -0.05) is 30.3 Å². The molecule has 5 rings (SSSR count). The molecule has 2 aliphatic rings. The molecule has 1 aromatic heterocycles. The highest BCUT2D eigenvalue weighted by Gasteiger charge is 2.25. The van der Waals surface area contributed by atoms with Gasteiger partial charge in [-0.05, 0) is 67.1 Å². The molecule has 176 valence electrons. The van der Waals surface area contributed by atoms with E-state index in [1.807, 2.05) is 29.2 Å². The fourth-order valence-electron chi connectivity index (χ4n) is 4.91. The average Bonchev–Trinajstić information content (AvgIpc) is 2.90. The fraction of sp³-hybridized carbons (Fsp3) is 0.370. The van der Waals surface area contributed by atoms with Crippen molar-refractivity contribution in [3.63, 3.8) is 0 Å². The second kappa shape index (κ2) is 10.1. The highest BCUT2D eigenvalue weighted by Crippen LogP contribution is 2.25. The summed E-state index contributed by atoms with van der Waals surface area (Å²) in [5.41, 5.74) is 2.87. The Morgan fingerprint density at radius 1 is 0.794 bits per heavy atom. The highest BCUT2D eigenvalue weighted by atomic mass is 16.3. The Morgan fingerprint density at radius 3 is 2.15 bits per heavy atom. The van der Waals surface area contributed by atoms with Crippen LogP contribution >= 0.6 is 0 Å². The number of benzene rings is 2. The van der Waals surface area contributed by atoms with Crippen molar-refractivity contribution in [3.05, 3.63) is 78.0 Å². The Labute approximate surface area is 200 Å². The molecule has 0 unspecified atom stereocenters. The number of rotatable bonds is 5. The molecule has 0 atom stereocenters. The van der Waals surface area contributed by atoms with E-state index in [2.05, 4.69) is 50.3 Å². The number of nitrogens with zero attached hydrogens (tertiary/aromatic N) is 5. The van der Waals surface area contributed by atoms with Gasteiger partial charge in [0, 0.05) is 45.0 Å². The third kappa shape index (κ3) is 5.14. The maximum absolute atomic E-state index is 12.9. The number of phenols is 1. The minimum atomic E-state index is -0.0639. The van der Waals surface area contributed by atoms with Crippen molar-refractivity contribution in [2.75, 3.05) is 49.1 Å². The number of carbonyl (C=O) groups is 1. The van der Waals surface area contributed by atoms with Gasteiger partial charge in [-0.15, -0.1) is 10.2 Å². The lowest BCUT2D eigenvalue weighted by Crippen LogP contribution is -2.49. The van der Waals surface area contributed by atoms with Gasteiger partial charge in [0.25, 0.3) is 5.91 Å². The summed E-state index contributed by atoms with van der Waals surface area (Å²) in [4.78, 5) is 19.3. The van der Waals surface area contributed by atoms with Crippen LogP contribution < -0.4 is 9.80 Å². The minimum Gasteiger partial charge on any atom is -0.508 e. The normalized spacial score (nSPS) is 17.1. The zero-order valence-electron chi connectivity index (χ0n) is 19.4. The van der Waals surface area contributed by atoms with E-state index in [1.54, 1.807) is 12.1 Å². The largest absolute Gasteiger partial charge is 0.508 e. The van der Waals surface area contributed by atoms with Gasteiger partial charge in [-0.25, -0.2) is 0 Å². The molecule has 7 heteroatoms. The first kappa shape index (κ1) is 22.2. The van der Waals surface area contributed by atoms with Crippen molar-refractivity contribution >= 4 is 17.4 Å². The molecule has 0 aliphatic carbocycles. The van der Waals surface area contributed by atoms with E-state index in [0.29, 0.717) is 24.7 Å². The number of piperazine rings is 1. The summed E-state index contributed by atoms with van der Waals surface area (Å²) < 4.78 is 0. The minimum absolute atomic E-state index is 0.0639. The lowest BCUT2D eigenvalue weighted by Gasteiger charge is -2.36. The number of hydrogen-bond acceptors (Lipinski definition) is 6. The lowest BCUT2D eigenvalue weighted by atomic mass is 9.90. The van der Waals surface area contributed by atoms with E-state index >= 15 is 0 Å². The number of aromatic hydroxyl groups is 1. The van der Waals surface area contributed by atoms with E-state index in [-0.39, 0.29) is 11.7 Å². The van der Waals surface area contributed by atoms with Gasteiger partial charge in [0.15, 0.2) is 11.5 Å². The van der Waals surface area contributed by atoms with Crippen LogP contribution in [-0.4, -0.2) is 65.4 Å². The number of aromatic nitrogens is 2. The van der Waals surface area contributed by atoms with Crippen LogP contribution in [0.1, 0.15) is 28.9 Å². The van der Waals surface area contributed by atoms with Crippen LogP contribution in [-0.2, 0) is 6.42 Å².